The van der Waals surface area contributed by atoms with Gasteiger partial charge in [0, 0.05) is 12.2 Å². The van der Waals surface area contributed by atoms with Gasteiger partial charge in [0.2, 0.25) is 0 Å². The van der Waals surface area contributed by atoms with E-state index in [0.717, 1.165) is 24.3 Å². The standard InChI is InChI=1S/C11H26O2SSi/c1-6-8-15(9-7-14,12-10(2)3)13-11(4)5/h10-11,14H,6-9H2,1-5H3. The van der Waals surface area contributed by atoms with Crippen LogP contribution in [0.15, 0.2) is 0 Å². The number of rotatable bonds is 8. The highest BCUT2D eigenvalue weighted by Crippen LogP contribution is 2.25. The van der Waals surface area contributed by atoms with Crippen LogP contribution < -0.4 is 0 Å². The molecule has 0 saturated carbocycles. The maximum atomic E-state index is 6.10. The van der Waals surface area contributed by atoms with Crippen LogP contribution in [0, 0.1) is 0 Å². The summed E-state index contributed by atoms with van der Waals surface area (Å²) in [6.07, 6.45) is 1.63. The molecule has 0 heterocycles. The summed E-state index contributed by atoms with van der Waals surface area (Å²) in [4.78, 5) is 0. The lowest BCUT2D eigenvalue weighted by molar-refractivity contribution is 0.105. The Kier molecular flexibility index (Phi) is 7.96. The summed E-state index contributed by atoms with van der Waals surface area (Å²) in [5.41, 5.74) is 0. The van der Waals surface area contributed by atoms with Crippen LogP contribution in [0.3, 0.4) is 0 Å². The lowest BCUT2D eigenvalue weighted by Crippen LogP contribution is -2.46. The smallest absolute Gasteiger partial charge is 0.339 e. The summed E-state index contributed by atoms with van der Waals surface area (Å²) in [5.74, 6) is 0.853. The largest absolute Gasteiger partial charge is 0.392 e. The van der Waals surface area contributed by atoms with Gasteiger partial charge in [-0.3, -0.25) is 0 Å². The first-order chi connectivity index (χ1) is 6.95. The molecule has 0 unspecified atom stereocenters. The van der Waals surface area contributed by atoms with Crippen LogP contribution in [-0.2, 0) is 8.85 Å². The van der Waals surface area contributed by atoms with E-state index in [1.807, 2.05) is 0 Å². The molecule has 15 heavy (non-hydrogen) atoms. The van der Waals surface area contributed by atoms with Gasteiger partial charge >= 0.3 is 8.56 Å². The van der Waals surface area contributed by atoms with Gasteiger partial charge in [0.05, 0.1) is 0 Å². The maximum absolute atomic E-state index is 6.10. The van der Waals surface area contributed by atoms with Crippen LogP contribution in [0.2, 0.25) is 12.1 Å². The van der Waals surface area contributed by atoms with Crippen molar-refractivity contribution in [3.05, 3.63) is 0 Å². The molecule has 0 bridgehead atoms. The van der Waals surface area contributed by atoms with Crippen molar-refractivity contribution in [2.45, 2.75) is 65.3 Å². The molecule has 0 fully saturated rings. The van der Waals surface area contributed by atoms with Crippen molar-refractivity contribution < 1.29 is 8.85 Å². The fraction of sp³-hybridized carbons (Fsp3) is 1.00. The molecule has 4 heteroatoms. The highest BCUT2D eigenvalue weighted by molar-refractivity contribution is 7.80. The highest BCUT2D eigenvalue weighted by Gasteiger charge is 2.37. The van der Waals surface area contributed by atoms with E-state index >= 15 is 0 Å². The SMILES string of the molecule is CCC[Si](CCS)(OC(C)C)OC(C)C. The Labute approximate surface area is 101 Å². The van der Waals surface area contributed by atoms with Gasteiger partial charge in [-0.15, -0.1) is 0 Å². The Hall–Kier alpha value is 0.487. The van der Waals surface area contributed by atoms with Gasteiger partial charge in [0.1, 0.15) is 0 Å². The minimum Gasteiger partial charge on any atom is -0.392 e. The Morgan fingerprint density at radius 3 is 1.73 bits per heavy atom. The maximum Gasteiger partial charge on any atom is 0.339 e. The molecule has 0 aromatic rings. The monoisotopic (exact) mass is 250 g/mol. The summed E-state index contributed by atoms with van der Waals surface area (Å²) in [7, 11) is -2.00. The van der Waals surface area contributed by atoms with E-state index in [1.54, 1.807) is 0 Å². The third-order valence-electron chi connectivity index (χ3n) is 2.02. The molecule has 0 radical (unpaired) electrons. The molecule has 0 spiro atoms. The lowest BCUT2D eigenvalue weighted by atomic mass is 10.5. The second-order valence-corrected chi connectivity index (χ2v) is 8.21. The Morgan fingerprint density at radius 1 is 1.00 bits per heavy atom. The Balaban J connectivity index is 4.55. The number of thiol groups is 1. The van der Waals surface area contributed by atoms with E-state index in [4.69, 9.17) is 8.85 Å². The van der Waals surface area contributed by atoms with Crippen molar-refractivity contribution in [1.82, 2.24) is 0 Å². The summed E-state index contributed by atoms with van der Waals surface area (Å²) >= 11 is 4.33. The van der Waals surface area contributed by atoms with Crippen LogP contribution in [0.4, 0.5) is 0 Å². The van der Waals surface area contributed by atoms with Gasteiger partial charge in [-0.2, -0.15) is 12.6 Å². The second kappa shape index (κ2) is 7.71. The van der Waals surface area contributed by atoms with Crippen molar-refractivity contribution in [2.75, 3.05) is 5.75 Å². The molecule has 0 aliphatic carbocycles. The van der Waals surface area contributed by atoms with Gasteiger partial charge in [0.15, 0.2) is 0 Å². The molecule has 0 aliphatic heterocycles. The van der Waals surface area contributed by atoms with E-state index in [9.17, 15) is 0 Å². The summed E-state index contributed by atoms with van der Waals surface area (Å²) in [5, 5.41) is 0. The quantitative estimate of drug-likeness (QED) is 0.524. The lowest BCUT2D eigenvalue weighted by Gasteiger charge is -2.34. The summed E-state index contributed by atoms with van der Waals surface area (Å²) in [6, 6.07) is 2.06. The van der Waals surface area contributed by atoms with Crippen molar-refractivity contribution in [3.8, 4) is 0 Å². The molecule has 0 N–H and O–H groups in total. The highest BCUT2D eigenvalue weighted by atomic mass is 32.1. The average molecular weight is 250 g/mol. The first kappa shape index (κ1) is 15.5. The van der Waals surface area contributed by atoms with Crippen molar-refractivity contribution in [2.24, 2.45) is 0 Å². The molecule has 92 valence electrons. The van der Waals surface area contributed by atoms with Crippen LogP contribution in [0.1, 0.15) is 41.0 Å². The van der Waals surface area contributed by atoms with E-state index in [1.165, 1.54) is 0 Å². The Morgan fingerprint density at radius 2 is 1.47 bits per heavy atom. The van der Waals surface area contributed by atoms with Crippen LogP contribution >= 0.6 is 12.6 Å². The zero-order chi connectivity index (χ0) is 11.9. The predicted molar refractivity (Wildman–Crippen MR) is 72.0 cm³/mol. The van der Waals surface area contributed by atoms with Crippen LogP contribution in [-0.4, -0.2) is 26.5 Å². The summed E-state index contributed by atoms with van der Waals surface area (Å²) < 4.78 is 12.2. The fourth-order valence-corrected chi connectivity index (χ4v) is 6.42. The van der Waals surface area contributed by atoms with E-state index in [-0.39, 0.29) is 12.2 Å². The third-order valence-corrected chi connectivity index (χ3v) is 6.74. The predicted octanol–water partition coefficient (Wildman–Crippen LogP) is 3.62. The van der Waals surface area contributed by atoms with E-state index in [0.29, 0.717) is 0 Å². The van der Waals surface area contributed by atoms with Crippen molar-refractivity contribution in [3.63, 3.8) is 0 Å². The van der Waals surface area contributed by atoms with Gasteiger partial charge < -0.3 is 8.85 Å². The van der Waals surface area contributed by atoms with Gasteiger partial charge in [-0.05, 0) is 45.5 Å². The van der Waals surface area contributed by atoms with E-state index < -0.39 is 8.56 Å². The van der Waals surface area contributed by atoms with Gasteiger partial charge in [0.25, 0.3) is 0 Å². The molecule has 0 amide bonds. The van der Waals surface area contributed by atoms with Gasteiger partial charge in [-0.25, -0.2) is 0 Å². The normalized spacial score (nSPS) is 12.8. The second-order valence-electron chi connectivity index (χ2n) is 4.47. The summed E-state index contributed by atoms with van der Waals surface area (Å²) in [6.45, 7) is 10.5. The molecular weight excluding hydrogens is 224 g/mol. The molecule has 0 saturated heterocycles. The molecule has 0 atom stereocenters. The number of hydrogen-bond acceptors (Lipinski definition) is 3. The van der Waals surface area contributed by atoms with E-state index in [2.05, 4.69) is 47.2 Å². The zero-order valence-electron chi connectivity index (χ0n) is 10.7. The molecule has 0 aromatic carbocycles. The minimum absolute atomic E-state index is 0.252. The average Bonchev–Trinajstić information content (AvgIpc) is 2.01. The van der Waals surface area contributed by atoms with Gasteiger partial charge in [-0.1, -0.05) is 13.3 Å². The first-order valence-electron chi connectivity index (χ1n) is 5.92. The topological polar surface area (TPSA) is 18.5 Å². The fourth-order valence-electron chi connectivity index (χ4n) is 1.80. The number of hydrogen-bond donors (Lipinski definition) is 1. The van der Waals surface area contributed by atoms with Crippen LogP contribution in [0.5, 0.6) is 0 Å². The van der Waals surface area contributed by atoms with Crippen LogP contribution in [0.25, 0.3) is 0 Å². The molecule has 2 nitrogen and oxygen atoms in total. The molecule has 0 rings (SSSR count). The minimum atomic E-state index is -2.00. The molecular formula is C11H26O2SSi. The molecule has 0 aliphatic rings. The Bertz CT molecular complexity index is 145. The molecule has 0 aromatic heterocycles. The first-order valence-corrected chi connectivity index (χ1v) is 8.78. The third kappa shape index (κ3) is 6.61. The zero-order valence-corrected chi connectivity index (χ0v) is 12.6. The van der Waals surface area contributed by atoms with Crippen molar-refractivity contribution in [1.29, 1.82) is 0 Å². The van der Waals surface area contributed by atoms with Crippen molar-refractivity contribution >= 4 is 21.2 Å².